The van der Waals surface area contributed by atoms with Crippen LogP contribution in [-0.4, -0.2) is 22.5 Å². The molecule has 0 radical (unpaired) electrons. The largest absolute Gasteiger partial charge is 0.508 e. The number of hydrogen-bond acceptors (Lipinski definition) is 2. The number of benzene rings is 1. The van der Waals surface area contributed by atoms with Gasteiger partial charge in [-0.05, 0) is 30.5 Å². The lowest BCUT2D eigenvalue weighted by Gasteiger charge is -2.29. The number of aliphatic hydroxyl groups excluding tert-OH is 1. The number of phenolic OH excluding ortho intramolecular Hbond substituents is 1. The van der Waals surface area contributed by atoms with Crippen molar-refractivity contribution in [3.05, 3.63) is 29.8 Å². The average Bonchev–Trinajstić information content (AvgIpc) is 2.20. The first-order valence-electron chi connectivity index (χ1n) is 5.28. The summed E-state index contributed by atoms with van der Waals surface area (Å²) in [6, 6.07) is 6.66. The lowest BCUT2D eigenvalue weighted by atomic mass is 9.81. The van der Waals surface area contributed by atoms with Crippen molar-refractivity contribution >= 4 is 0 Å². The van der Waals surface area contributed by atoms with Gasteiger partial charge in [0.05, 0.1) is 6.10 Å². The van der Waals surface area contributed by atoms with Crippen molar-refractivity contribution in [1.82, 2.24) is 0 Å². The summed E-state index contributed by atoms with van der Waals surface area (Å²) in [5.74, 6) is 0.0685. The Labute approximate surface area is 88.4 Å². The molecule has 0 aliphatic heterocycles. The van der Waals surface area contributed by atoms with Gasteiger partial charge in [-0.25, -0.2) is 4.39 Å². The van der Waals surface area contributed by atoms with Crippen molar-refractivity contribution in [2.75, 3.05) is 0 Å². The molecule has 2 nitrogen and oxygen atoms in total. The standard InChI is InChI=1S/C12H15FO2/c13-12-7-10(15)5-6-11(12)8-1-3-9(14)4-2-8/h1-4,10-12,14-15H,5-7H2. The van der Waals surface area contributed by atoms with E-state index in [-0.39, 0.29) is 18.1 Å². The van der Waals surface area contributed by atoms with E-state index in [4.69, 9.17) is 5.11 Å². The monoisotopic (exact) mass is 210 g/mol. The van der Waals surface area contributed by atoms with Crippen molar-refractivity contribution in [3.63, 3.8) is 0 Å². The van der Waals surface area contributed by atoms with Gasteiger partial charge < -0.3 is 10.2 Å². The summed E-state index contributed by atoms with van der Waals surface area (Å²) in [5.41, 5.74) is 0.909. The molecule has 1 aliphatic rings. The Morgan fingerprint density at radius 2 is 1.80 bits per heavy atom. The predicted molar refractivity (Wildman–Crippen MR) is 55.6 cm³/mol. The first kappa shape index (κ1) is 10.4. The molecule has 3 heteroatoms. The number of halogens is 1. The van der Waals surface area contributed by atoms with E-state index in [1.165, 1.54) is 0 Å². The van der Waals surface area contributed by atoms with Crippen LogP contribution in [0.4, 0.5) is 4.39 Å². The van der Waals surface area contributed by atoms with Crippen LogP contribution in [0.1, 0.15) is 30.7 Å². The molecule has 1 saturated carbocycles. The summed E-state index contributed by atoms with van der Waals surface area (Å²) >= 11 is 0. The van der Waals surface area contributed by atoms with E-state index in [1.807, 2.05) is 0 Å². The molecule has 1 aromatic carbocycles. The molecule has 3 unspecified atom stereocenters. The quantitative estimate of drug-likeness (QED) is 0.747. The zero-order valence-corrected chi connectivity index (χ0v) is 8.44. The minimum Gasteiger partial charge on any atom is -0.508 e. The fraction of sp³-hybridized carbons (Fsp3) is 0.500. The van der Waals surface area contributed by atoms with Crippen LogP contribution in [0, 0.1) is 0 Å². The van der Waals surface area contributed by atoms with E-state index in [9.17, 15) is 9.50 Å². The van der Waals surface area contributed by atoms with Crippen LogP contribution >= 0.6 is 0 Å². The predicted octanol–water partition coefficient (Wildman–Crippen LogP) is 2.36. The van der Waals surface area contributed by atoms with Gasteiger partial charge in [-0.1, -0.05) is 12.1 Å². The molecule has 1 fully saturated rings. The van der Waals surface area contributed by atoms with Gasteiger partial charge in [-0.2, -0.15) is 0 Å². The van der Waals surface area contributed by atoms with E-state index in [2.05, 4.69) is 0 Å². The van der Waals surface area contributed by atoms with E-state index < -0.39 is 12.3 Å². The summed E-state index contributed by atoms with van der Waals surface area (Å²) in [7, 11) is 0. The minimum absolute atomic E-state index is 0.131. The van der Waals surface area contributed by atoms with Gasteiger partial charge in [-0.3, -0.25) is 0 Å². The lowest BCUT2D eigenvalue weighted by molar-refractivity contribution is 0.0706. The van der Waals surface area contributed by atoms with Crippen molar-refractivity contribution in [1.29, 1.82) is 0 Å². The number of phenols is 1. The third-order valence-electron chi connectivity index (χ3n) is 3.07. The van der Waals surface area contributed by atoms with Gasteiger partial charge in [0.15, 0.2) is 0 Å². The summed E-state index contributed by atoms with van der Waals surface area (Å²) in [5, 5.41) is 18.4. The number of aromatic hydroxyl groups is 1. The Kier molecular flexibility index (Phi) is 2.91. The van der Waals surface area contributed by atoms with Gasteiger partial charge in [0.1, 0.15) is 11.9 Å². The Balaban J connectivity index is 2.13. The van der Waals surface area contributed by atoms with Crippen LogP contribution in [0.5, 0.6) is 5.75 Å². The Hall–Kier alpha value is -1.09. The number of alkyl halides is 1. The maximum absolute atomic E-state index is 13.7. The zero-order valence-electron chi connectivity index (χ0n) is 8.44. The van der Waals surface area contributed by atoms with E-state index in [0.29, 0.717) is 12.8 Å². The maximum atomic E-state index is 13.7. The molecule has 1 aromatic rings. The fourth-order valence-corrected chi connectivity index (χ4v) is 2.19. The molecular formula is C12H15FO2. The third kappa shape index (κ3) is 2.29. The second-order valence-electron chi connectivity index (χ2n) is 4.18. The van der Waals surface area contributed by atoms with Gasteiger partial charge >= 0.3 is 0 Å². The molecule has 82 valence electrons. The summed E-state index contributed by atoms with van der Waals surface area (Å²) in [4.78, 5) is 0. The second kappa shape index (κ2) is 4.19. The van der Waals surface area contributed by atoms with Crippen LogP contribution < -0.4 is 0 Å². The van der Waals surface area contributed by atoms with E-state index in [1.54, 1.807) is 24.3 Å². The van der Waals surface area contributed by atoms with Crippen molar-refractivity contribution in [2.45, 2.75) is 37.5 Å². The van der Waals surface area contributed by atoms with Crippen molar-refractivity contribution in [3.8, 4) is 5.75 Å². The van der Waals surface area contributed by atoms with E-state index in [0.717, 1.165) is 5.56 Å². The zero-order chi connectivity index (χ0) is 10.8. The van der Waals surface area contributed by atoms with Crippen LogP contribution in [0.3, 0.4) is 0 Å². The molecule has 0 amide bonds. The molecule has 0 spiro atoms. The highest BCUT2D eigenvalue weighted by atomic mass is 19.1. The molecule has 2 N–H and O–H groups in total. The highest BCUT2D eigenvalue weighted by molar-refractivity contribution is 5.29. The van der Waals surface area contributed by atoms with Crippen LogP contribution in [0.15, 0.2) is 24.3 Å². The van der Waals surface area contributed by atoms with Gasteiger partial charge in [0.25, 0.3) is 0 Å². The third-order valence-corrected chi connectivity index (χ3v) is 3.07. The Bertz CT molecular complexity index is 323. The molecule has 3 atom stereocenters. The molecule has 0 heterocycles. The molecular weight excluding hydrogens is 195 g/mol. The minimum atomic E-state index is -0.974. The number of rotatable bonds is 1. The summed E-state index contributed by atoms with van der Waals surface area (Å²) in [6.07, 6.45) is 0.0941. The highest BCUT2D eigenvalue weighted by Gasteiger charge is 2.30. The fourth-order valence-electron chi connectivity index (χ4n) is 2.19. The van der Waals surface area contributed by atoms with Crippen LogP contribution in [0.25, 0.3) is 0 Å². The summed E-state index contributed by atoms with van der Waals surface area (Å²) in [6.45, 7) is 0. The molecule has 0 bridgehead atoms. The first-order chi connectivity index (χ1) is 7.16. The Morgan fingerprint density at radius 3 is 2.40 bits per heavy atom. The topological polar surface area (TPSA) is 40.5 Å². The van der Waals surface area contributed by atoms with E-state index >= 15 is 0 Å². The normalized spacial score (nSPS) is 31.5. The first-order valence-corrected chi connectivity index (χ1v) is 5.28. The highest BCUT2D eigenvalue weighted by Crippen LogP contribution is 2.35. The SMILES string of the molecule is Oc1ccc(C2CCC(O)CC2F)cc1. The molecule has 2 rings (SSSR count). The van der Waals surface area contributed by atoms with Crippen LogP contribution in [-0.2, 0) is 0 Å². The summed E-state index contributed by atoms with van der Waals surface area (Å²) < 4.78 is 13.7. The average molecular weight is 210 g/mol. The lowest BCUT2D eigenvalue weighted by Crippen LogP contribution is -2.27. The molecule has 0 aromatic heterocycles. The number of hydrogen-bond donors (Lipinski definition) is 2. The van der Waals surface area contributed by atoms with Gasteiger partial charge in [0, 0.05) is 12.3 Å². The molecule has 15 heavy (non-hydrogen) atoms. The van der Waals surface area contributed by atoms with Crippen molar-refractivity contribution in [2.24, 2.45) is 0 Å². The number of aliphatic hydroxyl groups is 1. The second-order valence-corrected chi connectivity index (χ2v) is 4.18. The van der Waals surface area contributed by atoms with Gasteiger partial charge in [-0.15, -0.1) is 0 Å². The molecule has 1 aliphatic carbocycles. The Morgan fingerprint density at radius 1 is 1.13 bits per heavy atom. The molecule has 0 saturated heterocycles. The maximum Gasteiger partial charge on any atom is 0.115 e. The van der Waals surface area contributed by atoms with Gasteiger partial charge in [0.2, 0.25) is 0 Å². The van der Waals surface area contributed by atoms with Crippen LogP contribution in [0.2, 0.25) is 0 Å². The smallest absolute Gasteiger partial charge is 0.115 e. The van der Waals surface area contributed by atoms with Crippen molar-refractivity contribution < 1.29 is 14.6 Å².